The van der Waals surface area contributed by atoms with Crippen LogP contribution in [-0.2, 0) is 16.0 Å². The van der Waals surface area contributed by atoms with Crippen molar-refractivity contribution in [3.63, 3.8) is 0 Å². The normalized spacial score (nSPS) is 11.7. The second kappa shape index (κ2) is 12.0. The Balaban J connectivity index is 1.90. The van der Waals surface area contributed by atoms with Crippen LogP contribution in [0.25, 0.3) is 0 Å². The molecule has 1 N–H and O–H groups in total. The Morgan fingerprint density at radius 3 is 2.59 bits per heavy atom. The number of ether oxygens (including phenoxy) is 2. The third kappa shape index (κ3) is 8.23. The molecule has 0 aliphatic carbocycles. The van der Waals surface area contributed by atoms with Gasteiger partial charge in [-0.15, -0.1) is 0 Å². The van der Waals surface area contributed by atoms with Gasteiger partial charge in [0.15, 0.2) is 6.10 Å². The van der Waals surface area contributed by atoms with Gasteiger partial charge in [-0.3, -0.25) is 0 Å². The number of carboxylic acids is 1. The lowest BCUT2D eigenvalue weighted by atomic mass is 10.1. The van der Waals surface area contributed by atoms with Gasteiger partial charge in [-0.05, 0) is 55.0 Å². The van der Waals surface area contributed by atoms with Crippen molar-refractivity contribution in [2.45, 2.75) is 19.4 Å². The summed E-state index contributed by atoms with van der Waals surface area (Å²) >= 11 is 13.1. The minimum absolute atomic E-state index is 0.240. The van der Waals surface area contributed by atoms with E-state index in [1.165, 1.54) is 0 Å². The van der Waals surface area contributed by atoms with E-state index >= 15 is 0 Å². The van der Waals surface area contributed by atoms with Gasteiger partial charge in [-0.1, -0.05) is 61.4 Å². The molecule has 0 aromatic heterocycles. The van der Waals surface area contributed by atoms with Crippen LogP contribution in [0.15, 0.2) is 57.5 Å². The summed E-state index contributed by atoms with van der Waals surface area (Å²) in [5.41, 5.74) is 1.66. The average molecular weight is 543 g/mol. The highest BCUT2D eigenvalue weighted by Gasteiger charge is 2.18. The number of carbonyl (C=O) groups is 1. The predicted octanol–water partition coefficient (Wildman–Crippen LogP) is 5.88. The number of carboxylic acid groups (broad SMARTS) is 1. The summed E-state index contributed by atoms with van der Waals surface area (Å²) in [5, 5.41) is 9.59. The number of rotatable bonds is 8. The van der Waals surface area contributed by atoms with Gasteiger partial charge in [0, 0.05) is 27.5 Å². The summed E-state index contributed by atoms with van der Waals surface area (Å²) in [6.45, 7) is 2.40. The van der Waals surface area contributed by atoms with Crippen molar-refractivity contribution in [1.82, 2.24) is 0 Å². The maximum absolute atomic E-state index is 11.2. The van der Waals surface area contributed by atoms with Gasteiger partial charge < -0.3 is 14.6 Å². The highest BCUT2D eigenvalue weighted by molar-refractivity contribution is 9.11. The fourth-order valence-corrected chi connectivity index (χ4v) is 3.97. The topological polar surface area (TPSA) is 55.8 Å². The molecular weight excluding hydrogens is 523 g/mol. The molecule has 0 heterocycles. The third-order valence-corrected chi connectivity index (χ3v) is 4.89. The highest BCUT2D eigenvalue weighted by atomic mass is 79.9. The van der Waals surface area contributed by atoms with E-state index in [1.807, 2.05) is 18.2 Å². The molecule has 152 valence electrons. The van der Waals surface area contributed by atoms with E-state index in [0.717, 1.165) is 20.1 Å². The molecule has 0 saturated carbocycles. The van der Waals surface area contributed by atoms with E-state index in [4.69, 9.17) is 21.1 Å². The summed E-state index contributed by atoms with van der Waals surface area (Å²) in [6.07, 6.45) is 2.86. The number of halogens is 3. The summed E-state index contributed by atoms with van der Waals surface area (Å²) < 4.78 is 12.8. The quantitative estimate of drug-likeness (QED) is 0.423. The Labute approximate surface area is 192 Å². The average Bonchev–Trinajstić information content (AvgIpc) is 2.64. The molecule has 29 heavy (non-hydrogen) atoms. The van der Waals surface area contributed by atoms with Crippen molar-refractivity contribution in [2.24, 2.45) is 0 Å². The highest BCUT2D eigenvalue weighted by Crippen LogP contribution is 2.26. The van der Waals surface area contributed by atoms with E-state index in [9.17, 15) is 9.90 Å². The van der Waals surface area contributed by atoms with Gasteiger partial charge in [-0.25, -0.2) is 4.79 Å². The molecule has 0 aliphatic rings. The Morgan fingerprint density at radius 1 is 1.24 bits per heavy atom. The van der Waals surface area contributed by atoms with Gasteiger partial charge in [-0.2, -0.15) is 0 Å². The van der Waals surface area contributed by atoms with Gasteiger partial charge in [0.25, 0.3) is 0 Å². The lowest BCUT2D eigenvalue weighted by Crippen LogP contribution is -2.26. The van der Waals surface area contributed by atoms with Gasteiger partial charge in [0.05, 0.1) is 5.02 Å². The molecule has 1 atom stereocenters. The van der Waals surface area contributed by atoms with Gasteiger partial charge >= 0.3 is 5.97 Å². The molecule has 0 amide bonds. The third-order valence-electron chi connectivity index (χ3n) is 3.68. The first kappa shape index (κ1) is 23.5. The smallest absolute Gasteiger partial charge is 0.333 e. The van der Waals surface area contributed by atoms with Crippen molar-refractivity contribution >= 4 is 49.4 Å². The fraction of sp³-hybridized carbons (Fsp3) is 0.227. The molecule has 0 radical (unpaired) electrons. The molecule has 2 aromatic rings. The maximum Gasteiger partial charge on any atom is 0.333 e. The molecule has 0 unspecified atom stereocenters. The van der Waals surface area contributed by atoms with Crippen molar-refractivity contribution in [1.29, 1.82) is 0 Å². The van der Waals surface area contributed by atoms with Crippen LogP contribution < -0.4 is 4.74 Å². The lowest BCUT2D eigenvalue weighted by molar-refractivity contribution is -0.149. The lowest BCUT2D eigenvalue weighted by Gasteiger charge is -2.13. The van der Waals surface area contributed by atoms with E-state index in [-0.39, 0.29) is 6.42 Å². The van der Waals surface area contributed by atoms with Crippen molar-refractivity contribution < 1.29 is 19.4 Å². The van der Waals surface area contributed by atoms with E-state index < -0.39 is 12.1 Å². The van der Waals surface area contributed by atoms with Crippen LogP contribution in [0, 0.1) is 11.8 Å². The van der Waals surface area contributed by atoms with Crippen LogP contribution in [-0.4, -0.2) is 30.4 Å². The number of benzene rings is 2. The summed E-state index contributed by atoms with van der Waals surface area (Å²) in [4.78, 5) is 11.2. The second-order valence-corrected chi connectivity index (χ2v) is 8.13. The Hall–Kier alpha value is -1.78. The summed E-state index contributed by atoms with van der Waals surface area (Å²) in [7, 11) is 0. The molecule has 0 spiro atoms. The molecule has 4 nitrogen and oxygen atoms in total. The van der Waals surface area contributed by atoms with E-state index in [2.05, 4.69) is 43.7 Å². The number of allylic oxidation sites excluding steroid dienone is 1. The minimum Gasteiger partial charge on any atom is -0.488 e. The van der Waals surface area contributed by atoms with Crippen LogP contribution in [0.4, 0.5) is 0 Å². The first-order valence-corrected chi connectivity index (χ1v) is 10.7. The molecular formula is C22H19Br2ClO4. The molecule has 2 aromatic carbocycles. The predicted molar refractivity (Wildman–Crippen MR) is 122 cm³/mol. The molecule has 7 heteroatoms. The zero-order chi connectivity index (χ0) is 21.2. The first-order chi connectivity index (χ1) is 13.9. The van der Waals surface area contributed by atoms with E-state index in [0.29, 0.717) is 24.0 Å². The van der Waals surface area contributed by atoms with Crippen LogP contribution >= 0.6 is 43.5 Å². The standard InChI is InChI=1S/C22H19Br2ClO4/c1-2-28-21(22(26)27)13-16-7-8-20(19(25)12-16)29-9-5-3-4-6-15-10-17(23)14-18(24)11-15/h3,5,7-8,10-12,14,21H,2,9,13H2,1H3,(H,26,27)/b5-3+/t21-/m0/s1. The molecule has 0 bridgehead atoms. The number of hydrogen-bond acceptors (Lipinski definition) is 3. The second-order valence-electron chi connectivity index (χ2n) is 5.89. The molecule has 0 fully saturated rings. The number of aliphatic carboxylic acids is 1. The molecule has 0 aliphatic heterocycles. The monoisotopic (exact) mass is 540 g/mol. The largest absolute Gasteiger partial charge is 0.488 e. The van der Waals surface area contributed by atoms with Crippen molar-refractivity contribution in [2.75, 3.05) is 13.2 Å². The zero-order valence-electron chi connectivity index (χ0n) is 15.6. The minimum atomic E-state index is -0.996. The number of hydrogen-bond donors (Lipinski definition) is 1. The SMILES string of the molecule is CCO[C@@H](Cc1ccc(OC/C=C/C#Cc2cc(Br)cc(Br)c2)c(Cl)c1)C(=O)O. The van der Waals surface area contributed by atoms with Gasteiger partial charge in [0.1, 0.15) is 12.4 Å². The van der Waals surface area contributed by atoms with Crippen LogP contribution in [0.1, 0.15) is 18.1 Å². The van der Waals surface area contributed by atoms with Crippen molar-refractivity contribution in [3.05, 3.63) is 73.6 Å². The van der Waals surface area contributed by atoms with Crippen LogP contribution in [0.3, 0.4) is 0 Å². The first-order valence-electron chi connectivity index (χ1n) is 8.77. The Morgan fingerprint density at radius 2 is 1.97 bits per heavy atom. The molecule has 2 rings (SSSR count). The Bertz CT molecular complexity index is 927. The van der Waals surface area contributed by atoms with Gasteiger partial charge in [0.2, 0.25) is 0 Å². The van der Waals surface area contributed by atoms with Crippen LogP contribution in [0.5, 0.6) is 5.75 Å². The van der Waals surface area contributed by atoms with Crippen molar-refractivity contribution in [3.8, 4) is 17.6 Å². The fourth-order valence-electron chi connectivity index (χ4n) is 2.42. The zero-order valence-corrected chi connectivity index (χ0v) is 19.6. The summed E-state index contributed by atoms with van der Waals surface area (Å²) in [5.74, 6) is 5.52. The Kier molecular flexibility index (Phi) is 9.75. The van der Waals surface area contributed by atoms with E-state index in [1.54, 1.807) is 37.3 Å². The summed E-state index contributed by atoms with van der Waals surface area (Å²) in [6, 6.07) is 11.0. The molecule has 0 saturated heterocycles. The van der Waals surface area contributed by atoms with Crippen LogP contribution in [0.2, 0.25) is 5.02 Å². The maximum atomic E-state index is 11.2.